The predicted octanol–water partition coefficient (Wildman–Crippen LogP) is 4.66. The van der Waals surface area contributed by atoms with Crippen LogP contribution >= 0.6 is 7.82 Å². The molecule has 1 rings (SSSR count). The Bertz CT molecular complexity index is 669. The Kier molecular flexibility index (Phi) is 18.3. The summed E-state index contributed by atoms with van der Waals surface area (Å²) in [6, 6.07) is 0. The van der Waals surface area contributed by atoms with Crippen molar-refractivity contribution >= 4 is 14.0 Å². The summed E-state index contributed by atoms with van der Waals surface area (Å²) in [6.07, 6.45) is 11.2. The molecule has 1 heterocycles. The van der Waals surface area contributed by atoms with Crippen molar-refractivity contribution in [1.29, 1.82) is 0 Å². The second-order valence-corrected chi connectivity index (χ2v) is 10.7. The van der Waals surface area contributed by atoms with Crippen LogP contribution in [0.25, 0.3) is 0 Å². The fraction of sp³-hybridized carbons (Fsp3) is 0.880. The number of unbranched alkanes of at least 4 members (excludes halogenated alkanes) is 12. The van der Waals surface area contributed by atoms with Gasteiger partial charge in [-0.05, 0) is 32.1 Å². The van der Waals surface area contributed by atoms with E-state index in [-0.39, 0.29) is 6.61 Å². The van der Waals surface area contributed by atoms with Gasteiger partial charge < -0.3 is 39.3 Å². The fourth-order valence-corrected chi connectivity index (χ4v) is 4.69. The molecule has 0 unspecified atom stereocenters. The van der Waals surface area contributed by atoms with E-state index in [4.69, 9.17) is 24.4 Å². The number of phosphoric acid groups is 1. The van der Waals surface area contributed by atoms with E-state index in [0.717, 1.165) is 38.5 Å². The zero-order valence-corrected chi connectivity index (χ0v) is 22.9. The number of rotatable bonds is 21. The molecule has 0 aromatic heterocycles. The van der Waals surface area contributed by atoms with Gasteiger partial charge in [0, 0.05) is 6.61 Å². The lowest BCUT2D eigenvalue weighted by molar-refractivity contribution is -0.297. The summed E-state index contributed by atoms with van der Waals surface area (Å²) >= 11 is 0. The number of allylic oxidation sites excluding steroid dienone is 2. The first kappa shape index (κ1) is 34.0. The van der Waals surface area contributed by atoms with Gasteiger partial charge in [-0.25, -0.2) is 9.36 Å². The molecular formula is C25H47O11P. The Labute approximate surface area is 220 Å². The lowest BCUT2D eigenvalue weighted by Crippen LogP contribution is -2.60. The Morgan fingerprint density at radius 1 is 0.865 bits per heavy atom. The van der Waals surface area contributed by atoms with E-state index in [1.165, 1.54) is 44.9 Å². The van der Waals surface area contributed by atoms with Crippen LogP contribution in [-0.4, -0.2) is 75.2 Å². The number of aliphatic hydroxyl groups is 2. The molecule has 0 radical (unpaired) electrons. The van der Waals surface area contributed by atoms with Crippen LogP contribution < -0.4 is 0 Å². The van der Waals surface area contributed by atoms with Gasteiger partial charge in [0.1, 0.15) is 31.0 Å². The second-order valence-electron chi connectivity index (χ2n) is 9.47. The maximum absolute atomic E-state index is 11.3. The van der Waals surface area contributed by atoms with E-state index in [1.54, 1.807) is 0 Å². The molecule has 0 spiro atoms. The summed E-state index contributed by atoms with van der Waals surface area (Å²) in [5.74, 6) is 0. The normalized spacial score (nSPS) is 24.5. The van der Waals surface area contributed by atoms with Crippen LogP contribution in [0.3, 0.4) is 0 Å². The highest BCUT2D eigenvalue weighted by Crippen LogP contribution is 2.41. The molecule has 1 aliphatic heterocycles. The molecule has 0 aromatic carbocycles. The highest BCUT2D eigenvalue weighted by atomic mass is 31.2. The SMILES string of the molecule is CCCCCCCC/C=C/CCCCCCCCO[C@H]1O[C@H](COC(=O)O)[C@@H](O)[C@H](O)[C@H]1OP(=O)(O)O. The number of aliphatic hydroxyl groups excluding tert-OH is 2. The maximum atomic E-state index is 11.3. The third-order valence-corrected chi connectivity index (χ3v) is 6.73. The Balaban J connectivity index is 2.22. The van der Waals surface area contributed by atoms with Crippen molar-refractivity contribution in [3.8, 4) is 0 Å². The Morgan fingerprint density at radius 3 is 1.95 bits per heavy atom. The first-order chi connectivity index (χ1) is 17.7. The first-order valence-electron chi connectivity index (χ1n) is 13.5. The van der Waals surface area contributed by atoms with Gasteiger partial charge in [-0.3, -0.25) is 4.52 Å². The summed E-state index contributed by atoms with van der Waals surface area (Å²) < 4.78 is 31.2. The van der Waals surface area contributed by atoms with Gasteiger partial charge in [0.15, 0.2) is 6.29 Å². The third kappa shape index (κ3) is 16.5. The van der Waals surface area contributed by atoms with E-state index in [9.17, 15) is 19.6 Å². The highest BCUT2D eigenvalue weighted by Gasteiger charge is 2.48. The molecule has 12 heteroatoms. The van der Waals surface area contributed by atoms with Gasteiger partial charge >= 0.3 is 14.0 Å². The summed E-state index contributed by atoms with van der Waals surface area (Å²) in [6.45, 7) is 1.81. The van der Waals surface area contributed by atoms with Crippen LogP contribution in [-0.2, 0) is 23.3 Å². The third-order valence-electron chi connectivity index (χ3n) is 6.21. The Hall–Kier alpha value is -1.04. The molecule has 5 N–H and O–H groups in total. The lowest BCUT2D eigenvalue weighted by atomic mass is 9.99. The molecule has 37 heavy (non-hydrogen) atoms. The minimum absolute atomic E-state index is 0.169. The minimum atomic E-state index is -5.02. The number of carboxylic acid groups (broad SMARTS) is 1. The predicted molar refractivity (Wildman–Crippen MR) is 137 cm³/mol. The van der Waals surface area contributed by atoms with Crippen LogP contribution in [0.15, 0.2) is 12.2 Å². The van der Waals surface area contributed by atoms with Gasteiger partial charge in [-0.1, -0.05) is 76.9 Å². The minimum Gasteiger partial charge on any atom is -0.450 e. The van der Waals surface area contributed by atoms with Gasteiger partial charge in [0.2, 0.25) is 0 Å². The van der Waals surface area contributed by atoms with Crippen LogP contribution in [0.4, 0.5) is 4.79 Å². The molecule has 0 aliphatic carbocycles. The zero-order chi connectivity index (χ0) is 27.5. The first-order valence-corrected chi connectivity index (χ1v) is 15.1. The number of carbonyl (C=O) groups is 1. The average molecular weight is 555 g/mol. The second kappa shape index (κ2) is 19.9. The lowest BCUT2D eigenvalue weighted by Gasteiger charge is -2.41. The molecule has 0 bridgehead atoms. The van der Waals surface area contributed by atoms with Gasteiger partial charge in [0.25, 0.3) is 0 Å². The molecule has 1 saturated heterocycles. The molecule has 0 amide bonds. The summed E-state index contributed by atoms with van der Waals surface area (Å²) in [5, 5.41) is 29.0. The molecular weight excluding hydrogens is 507 g/mol. The van der Waals surface area contributed by atoms with Crippen molar-refractivity contribution in [3.63, 3.8) is 0 Å². The molecule has 0 aromatic rings. The van der Waals surface area contributed by atoms with Gasteiger partial charge in [0.05, 0.1) is 0 Å². The van der Waals surface area contributed by atoms with E-state index < -0.39 is 51.3 Å². The van der Waals surface area contributed by atoms with E-state index in [1.807, 2.05) is 0 Å². The molecule has 218 valence electrons. The smallest absolute Gasteiger partial charge is 0.450 e. The highest BCUT2D eigenvalue weighted by molar-refractivity contribution is 7.46. The standard InChI is InChI=1S/C25H47O11P/c1-2-3-4-5-6-7-8-9-10-11-12-13-14-15-16-17-18-33-24-23(36-37(30,31)32)22(27)21(26)20(35-24)19-34-25(28)29/h9-10,20-24,26-27H,2-8,11-19H2,1H3,(H,28,29)(H2,30,31,32)/b10-9+/t20-,21-,22+,23-,24+/m1/s1. The van der Waals surface area contributed by atoms with Crippen LogP contribution in [0.2, 0.25) is 0 Å². The van der Waals surface area contributed by atoms with Crippen molar-refractivity contribution in [2.45, 2.75) is 128 Å². The summed E-state index contributed by atoms with van der Waals surface area (Å²) in [5.41, 5.74) is 0. The van der Waals surface area contributed by atoms with Gasteiger partial charge in [-0.15, -0.1) is 0 Å². The van der Waals surface area contributed by atoms with Crippen molar-refractivity contribution in [1.82, 2.24) is 0 Å². The van der Waals surface area contributed by atoms with E-state index in [2.05, 4.69) is 28.3 Å². The topological polar surface area (TPSA) is 172 Å². The van der Waals surface area contributed by atoms with Gasteiger partial charge in [-0.2, -0.15) is 0 Å². The van der Waals surface area contributed by atoms with Crippen molar-refractivity contribution in [2.24, 2.45) is 0 Å². The quantitative estimate of drug-likeness (QED) is 0.0578. The largest absolute Gasteiger partial charge is 0.505 e. The number of hydrogen-bond acceptors (Lipinski definition) is 8. The van der Waals surface area contributed by atoms with E-state index in [0.29, 0.717) is 6.42 Å². The number of hydrogen-bond donors (Lipinski definition) is 5. The van der Waals surface area contributed by atoms with E-state index >= 15 is 0 Å². The monoisotopic (exact) mass is 554 g/mol. The number of phosphoric ester groups is 1. The number of ether oxygens (including phenoxy) is 3. The van der Waals surface area contributed by atoms with Crippen LogP contribution in [0, 0.1) is 0 Å². The molecule has 1 fully saturated rings. The average Bonchev–Trinajstić information content (AvgIpc) is 2.83. The molecule has 5 atom stereocenters. The molecule has 0 saturated carbocycles. The van der Waals surface area contributed by atoms with Crippen molar-refractivity contribution in [2.75, 3.05) is 13.2 Å². The molecule has 1 aliphatic rings. The summed E-state index contributed by atoms with van der Waals surface area (Å²) in [4.78, 5) is 28.9. The fourth-order valence-electron chi connectivity index (χ4n) is 4.15. The Morgan fingerprint density at radius 2 is 1.41 bits per heavy atom. The van der Waals surface area contributed by atoms with Crippen molar-refractivity contribution in [3.05, 3.63) is 12.2 Å². The van der Waals surface area contributed by atoms with Crippen LogP contribution in [0.5, 0.6) is 0 Å². The maximum Gasteiger partial charge on any atom is 0.505 e. The summed E-state index contributed by atoms with van der Waals surface area (Å²) in [7, 11) is -5.02. The van der Waals surface area contributed by atoms with Crippen molar-refractivity contribution < 1.29 is 53.2 Å². The van der Waals surface area contributed by atoms with Crippen LogP contribution in [0.1, 0.15) is 96.8 Å². The zero-order valence-electron chi connectivity index (χ0n) is 22.0. The molecule has 11 nitrogen and oxygen atoms in total.